The van der Waals surface area contributed by atoms with Crippen molar-refractivity contribution in [3.8, 4) is 5.75 Å². The number of ether oxygens (including phenoxy) is 1. The molecule has 0 amide bonds. The van der Waals surface area contributed by atoms with E-state index in [9.17, 15) is 4.39 Å². The SMILES string of the molecule is COc1ccc(NCCC2CCCC2)cc1F. The van der Waals surface area contributed by atoms with Gasteiger partial charge in [-0.1, -0.05) is 25.7 Å². The molecule has 0 saturated heterocycles. The molecule has 2 nitrogen and oxygen atoms in total. The molecule has 1 aromatic rings. The molecule has 0 bridgehead atoms. The summed E-state index contributed by atoms with van der Waals surface area (Å²) in [6.45, 7) is 0.927. The molecular formula is C14H20FNO. The van der Waals surface area contributed by atoms with Crippen molar-refractivity contribution in [1.82, 2.24) is 0 Å². The van der Waals surface area contributed by atoms with Gasteiger partial charge in [-0.25, -0.2) is 4.39 Å². The van der Waals surface area contributed by atoms with Crippen LogP contribution in [0, 0.1) is 11.7 Å². The van der Waals surface area contributed by atoms with Gasteiger partial charge in [0.2, 0.25) is 0 Å². The zero-order chi connectivity index (χ0) is 12.1. The van der Waals surface area contributed by atoms with Gasteiger partial charge in [0.25, 0.3) is 0 Å². The summed E-state index contributed by atoms with van der Waals surface area (Å²) in [5.41, 5.74) is 0.835. The van der Waals surface area contributed by atoms with Crippen LogP contribution in [0.4, 0.5) is 10.1 Å². The Balaban J connectivity index is 1.80. The first-order valence-corrected chi connectivity index (χ1v) is 6.37. The summed E-state index contributed by atoms with van der Waals surface area (Å²) in [4.78, 5) is 0. The van der Waals surface area contributed by atoms with Crippen LogP contribution < -0.4 is 10.1 Å². The number of hydrogen-bond donors (Lipinski definition) is 1. The number of hydrogen-bond acceptors (Lipinski definition) is 2. The molecule has 1 fully saturated rings. The maximum absolute atomic E-state index is 13.4. The second kappa shape index (κ2) is 5.89. The van der Waals surface area contributed by atoms with Gasteiger partial charge in [-0.2, -0.15) is 0 Å². The molecule has 0 spiro atoms. The fraction of sp³-hybridized carbons (Fsp3) is 0.571. The highest BCUT2D eigenvalue weighted by Crippen LogP contribution is 2.27. The first-order chi connectivity index (χ1) is 8.29. The molecule has 1 aromatic carbocycles. The fourth-order valence-electron chi connectivity index (χ4n) is 2.50. The molecule has 1 aliphatic carbocycles. The van der Waals surface area contributed by atoms with Crippen LogP contribution >= 0.6 is 0 Å². The minimum absolute atomic E-state index is 0.298. The number of benzene rings is 1. The number of rotatable bonds is 5. The summed E-state index contributed by atoms with van der Waals surface area (Å²) in [7, 11) is 1.48. The third-order valence-electron chi connectivity index (χ3n) is 3.51. The van der Waals surface area contributed by atoms with Crippen LogP contribution in [0.1, 0.15) is 32.1 Å². The van der Waals surface area contributed by atoms with Crippen LogP contribution in [0.3, 0.4) is 0 Å². The Bertz CT molecular complexity index is 361. The van der Waals surface area contributed by atoms with Gasteiger partial charge >= 0.3 is 0 Å². The summed E-state index contributed by atoms with van der Waals surface area (Å²) in [6, 6.07) is 5.01. The van der Waals surface area contributed by atoms with Gasteiger partial charge in [-0.15, -0.1) is 0 Å². The fourth-order valence-corrected chi connectivity index (χ4v) is 2.50. The van der Waals surface area contributed by atoms with Crippen molar-refractivity contribution in [3.63, 3.8) is 0 Å². The third kappa shape index (κ3) is 3.35. The second-order valence-corrected chi connectivity index (χ2v) is 4.72. The monoisotopic (exact) mass is 237 g/mol. The van der Waals surface area contributed by atoms with Crippen LogP contribution in [0.15, 0.2) is 18.2 Å². The maximum atomic E-state index is 13.4. The van der Waals surface area contributed by atoms with E-state index in [1.165, 1.54) is 45.3 Å². The lowest BCUT2D eigenvalue weighted by atomic mass is 10.0. The highest BCUT2D eigenvalue weighted by Gasteiger charge is 2.14. The van der Waals surface area contributed by atoms with Crippen molar-refractivity contribution < 1.29 is 9.13 Å². The molecular weight excluding hydrogens is 217 g/mol. The topological polar surface area (TPSA) is 21.3 Å². The van der Waals surface area contributed by atoms with Crippen LogP contribution in [0.5, 0.6) is 5.75 Å². The van der Waals surface area contributed by atoms with E-state index < -0.39 is 0 Å². The lowest BCUT2D eigenvalue weighted by Gasteiger charge is -2.11. The zero-order valence-electron chi connectivity index (χ0n) is 10.3. The molecule has 0 atom stereocenters. The Labute approximate surface area is 102 Å². The Morgan fingerprint density at radius 3 is 2.76 bits per heavy atom. The highest BCUT2D eigenvalue weighted by molar-refractivity contribution is 5.47. The molecule has 1 aliphatic rings. The number of nitrogens with one attached hydrogen (secondary N) is 1. The zero-order valence-corrected chi connectivity index (χ0v) is 10.3. The van der Waals surface area contributed by atoms with E-state index in [4.69, 9.17) is 4.74 Å². The standard InChI is InChI=1S/C14H20FNO/c1-17-14-7-6-12(10-13(14)15)16-9-8-11-4-2-3-5-11/h6-7,10-11,16H,2-5,8-9H2,1H3. The number of methoxy groups -OCH3 is 1. The van der Waals surface area contributed by atoms with Crippen molar-refractivity contribution in [2.24, 2.45) is 5.92 Å². The van der Waals surface area contributed by atoms with Gasteiger partial charge in [-0.05, 0) is 24.5 Å². The van der Waals surface area contributed by atoms with E-state index in [0.29, 0.717) is 5.75 Å². The molecule has 0 heterocycles. The minimum atomic E-state index is -0.307. The van der Waals surface area contributed by atoms with E-state index in [1.807, 2.05) is 6.07 Å². The molecule has 0 radical (unpaired) electrons. The van der Waals surface area contributed by atoms with E-state index in [2.05, 4.69) is 5.32 Å². The summed E-state index contributed by atoms with van der Waals surface area (Å²) in [5.74, 6) is 0.857. The third-order valence-corrected chi connectivity index (χ3v) is 3.51. The molecule has 0 aromatic heterocycles. The molecule has 0 aliphatic heterocycles. The van der Waals surface area contributed by atoms with Crippen molar-refractivity contribution in [1.29, 1.82) is 0 Å². The smallest absolute Gasteiger partial charge is 0.167 e. The van der Waals surface area contributed by atoms with Crippen molar-refractivity contribution in [2.45, 2.75) is 32.1 Å². The van der Waals surface area contributed by atoms with Crippen molar-refractivity contribution in [2.75, 3.05) is 19.0 Å². The van der Waals surface area contributed by atoms with Gasteiger partial charge in [0.05, 0.1) is 7.11 Å². The van der Waals surface area contributed by atoms with E-state index in [0.717, 1.165) is 18.2 Å². The Hall–Kier alpha value is -1.25. The largest absolute Gasteiger partial charge is 0.494 e. The Morgan fingerprint density at radius 2 is 2.12 bits per heavy atom. The summed E-state index contributed by atoms with van der Waals surface area (Å²) in [6.07, 6.45) is 6.66. The predicted molar refractivity (Wildman–Crippen MR) is 68.0 cm³/mol. The Kier molecular flexibility index (Phi) is 4.24. The number of halogens is 1. The summed E-state index contributed by atoms with van der Waals surface area (Å²) in [5, 5.41) is 3.27. The second-order valence-electron chi connectivity index (χ2n) is 4.72. The van der Waals surface area contributed by atoms with E-state index in [-0.39, 0.29) is 5.82 Å². The first kappa shape index (κ1) is 12.2. The highest BCUT2D eigenvalue weighted by atomic mass is 19.1. The molecule has 0 unspecified atom stereocenters. The molecule has 1 saturated carbocycles. The van der Waals surface area contributed by atoms with E-state index >= 15 is 0 Å². The van der Waals surface area contributed by atoms with Crippen molar-refractivity contribution >= 4 is 5.69 Å². The first-order valence-electron chi connectivity index (χ1n) is 6.37. The molecule has 1 N–H and O–H groups in total. The van der Waals surface area contributed by atoms with E-state index in [1.54, 1.807) is 6.07 Å². The van der Waals surface area contributed by atoms with Crippen LogP contribution in [-0.2, 0) is 0 Å². The van der Waals surface area contributed by atoms with Gasteiger partial charge in [-0.3, -0.25) is 0 Å². The summed E-state index contributed by atoms with van der Waals surface area (Å²) < 4.78 is 18.3. The molecule has 2 rings (SSSR count). The average Bonchev–Trinajstić information content (AvgIpc) is 2.82. The Morgan fingerprint density at radius 1 is 1.35 bits per heavy atom. The number of anilines is 1. The lowest BCUT2D eigenvalue weighted by Crippen LogP contribution is -2.06. The van der Waals surface area contributed by atoms with Gasteiger partial charge in [0.15, 0.2) is 11.6 Å². The quantitative estimate of drug-likeness (QED) is 0.840. The predicted octanol–water partition coefficient (Wildman–Crippen LogP) is 3.83. The lowest BCUT2D eigenvalue weighted by molar-refractivity contribution is 0.386. The van der Waals surface area contributed by atoms with Gasteiger partial charge in [0, 0.05) is 18.3 Å². The molecule has 3 heteroatoms. The maximum Gasteiger partial charge on any atom is 0.167 e. The molecule has 17 heavy (non-hydrogen) atoms. The average molecular weight is 237 g/mol. The summed E-state index contributed by atoms with van der Waals surface area (Å²) >= 11 is 0. The van der Waals surface area contributed by atoms with Crippen molar-refractivity contribution in [3.05, 3.63) is 24.0 Å². The van der Waals surface area contributed by atoms with Crippen LogP contribution in [0.2, 0.25) is 0 Å². The molecule has 94 valence electrons. The minimum Gasteiger partial charge on any atom is -0.494 e. The van der Waals surface area contributed by atoms with Crippen LogP contribution in [0.25, 0.3) is 0 Å². The van der Waals surface area contributed by atoms with Gasteiger partial charge in [0.1, 0.15) is 0 Å². The van der Waals surface area contributed by atoms with Crippen LogP contribution in [-0.4, -0.2) is 13.7 Å². The van der Waals surface area contributed by atoms with Gasteiger partial charge < -0.3 is 10.1 Å². The normalized spacial score (nSPS) is 16.1.